The van der Waals surface area contributed by atoms with E-state index in [4.69, 9.17) is 4.84 Å². The van der Waals surface area contributed by atoms with E-state index in [0.29, 0.717) is 0 Å². The fourth-order valence-corrected chi connectivity index (χ4v) is 2.52. The van der Waals surface area contributed by atoms with Crippen LogP contribution < -0.4 is 0 Å². The first-order valence-electron chi connectivity index (χ1n) is 4.65. The molecular weight excluding hydrogens is 198 g/mol. The summed E-state index contributed by atoms with van der Waals surface area (Å²) >= 11 is 1.79. The van der Waals surface area contributed by atoms with E-state index in [-0.39, 0.29) is 11.8 Å². The highest BCUT2D eigenvalue weighted by molar-refractivity contribution is 8.03. The van der Waals surface area contributed by atoms with E-state index in [0.717, 1.165) is 17.9 Å². The van der Waals surface area contributed by atoms with Crippen molar-refractivity contribution >= 4 is 17.5 Å². The van der Waals surface area contributed by atoms with E-state index >= 15 is 0 Å². The van der Waals surface area contributed by atoms with Crippen molar-refractivity contribution in [2.75, 3.05) is 12.8 Å². The molecule has 3 nitrogen and oxygen atoms in total. The molecule has 2 aliphatic rings. The van der Waals surface area contributed by atoms with Crippen LogP contribution in [0.25, 0.3) is 0 Å². The van der Waals surface area contributed by atoms with Crippen molar-refractivity contribution < 1.29 is 9.63 Å². The molecule has 76 valence electrons. The lowest BCUT2D eigenvalue weighted by molar-refractivity contribution is -0.135. The van der Waals surface area contributed by atoms with Gasteiger partial charge in [-0.05, 0) is 19.4 Å². The molecule has 0 amide bonds. The number of likely N-dealkylation sites (N-methyl/N-ethyl adjacent to an activating group) is 1. The fraction of sp³-hybridized carbons (Fsp3) is 0.500. The number of hydroxylamine groups is 2. The Labute approximate surface area is 87.7 Å². The Hall–Kier alpha value is -0.740. The van der Waals surface area contributed by atoms with E-state index in [1.165, 1.54) is 4.91 Å². The predicted octanol–water partition coefficient (Wildman–Crippen LogP) is 1.73. The predicted molar refractivity (Wildman–Crippen MR) is 56.6 cm³/mol. The molecule has 1 atom stereocenters. The Bertz CT molecular complexity index is 322. The molecule has 14 heavy (non-hydrogen) atoms. The molecule has 0 spiro atoms. The number of rotatable bonds is 2. The summed E-state index contributed by atoms with van der Waals surface area (Å²) in [7, 11) is 1.79. The summed E-state index contributed by atoms with van der Waals surface area (Å²) in [6.45, 7) is 1.58. The van der Waals surface area contributed by atoms with Gasteiger partial charge in [0, 0.05) is 17.7 Å². The summed E-state index contributed by atoms with van der Waals surface area (Å²) in [6.07, 6.45) is 5.15. The Morgan fingerprint density at radius 2 is 2.50 bits per heavy atom. The van der Waals surface area contributed by atoms with Crippen molar-refractivity contribution in [3.05, 3.63) is 22.8 Å². The van der Waals surface area contributed by atoms with E-state index in [2.05, 4.69) is 6.08 Å². The first-order valence-corrected chi connectivity index (χ1v) is 5.63. The minimum absolute atomic E-state index is 0.117. The molecule has 1 unspecified atom stereocenters. The van der Waals surface area contributed by atoms with Crippen molar-refractivity contribution in [1.82, 2.24) is 5.06 Å². The highest BCUT2D eigenvalue weighted by Gasteiger charge is 2.29. The SMILES string of the molecule is CC(=O)C1C=C(C2=CCCS2)ON1C. The van der Waals surface area contributed by atoms with Crippen LogP contribution in [0.15, 0.2) is 22.8 Å². The van der Waals surface area contributed by atoms with Crippen LogP contribution in [0.4, 0.5) is 0 Å². The Morgan fingerprint density at radius 1 is 1.71 bits per heavy atom. The largest absolute Gasteiger partial charge is 0.404 e. The maximum Gasteiger partial charge on any atom is 0.158 e. The lowest BCUT2D eigenvalue weighted by atomic mass is 10.2. The van der Waals surface area contributed by atoms with Crippen LogP contribution in [0.3, 0.4) is 0 Å². The van der Waals surface area contributed by atoms with Gasteiger partial charge in [0.1, 0.15) is 6.04 Å². The Kier molecular flexibility index (Phi) is 2.65. The summed E-state index contributed by atoms with van der Waals surface area (Å²) in [4.78, 5) is 17.9. The molecule has 0 N–H and O–H groups in total. The summed E-state index contributed by atoms with van der Waals surface area (Å²) in [6, 6.07) is -0.216. The average molecular weight is 211 g/mol. The number of carbonyl (C=O) groups is 1. The second-order valence-electron chi connectivity index (χ2n) is 3.43. The fourth-order valence-electron chi connectivity index (χ4n) is 1.58. The molecule has 2 aliphatic heterocycles. The number of hydrogen-bond donors (Lipinski definition) is 0. The van der Waals surface area contributed by atoms with Crippen molar-refractivity contribution in [1.29, 1.82) is 0 Å². The Morgan fingerprint density at radius 3 is 3.00 bits per heavy atom. The van der Waals surface area contributed by atoms with E-state index < -0.39 is 0 Å². The maximum atomic E-state index is 11.2. The minimum Gasteiger partial charge on any atom is -0.404 e. The molecule has 0 aromatic heterocycles. The van der Waals surface area contributed by atoms with Gasteiger partial charge in [-0.3, -0.25) is 4.79 Å². The third-order valence-electron chi connectivity index (χ3n) is 2.31. The van der Waals surface area contributed by atoms with Crippen LogP contribution in [0.1, 0.15) is 13.3 Å². The molecule has 0 aromatic carbocycles. The summed E-state index contributed by atoms with van der Waals surface area (Å²) in [5, 5.41) is 1.61. The van der Waals surface area contributed by atoms with Crippen molar-refractivity contribution in [2.24, 2.45) is 0 Å². The highest BCUT2D eigenvalue weighted by Crippen LogP contribution is 2.35. The van der Waals surface area contributed by atoms with Gasteiger partial charge in [-0.15, -0.1) is 16.8 Å². The van der Waals surface area contributed by atoms with Crippen LogP contribution >= 0.6 is 11.8 Å². The van der Waals surface area contributed by atoms with Gasteiger partial charge in [0.2, 0.25) is 0 Å². The summed E-state index contributed by atoms with van der Waals surface area (Å²) in [5.41, 5.74) is 0. The van der Waals surface area contributed by atoms with Gasteiger partial charge in [0.25, 0.3) is 0 Å². The number of nitrogens with zero attached hydrogens (tertiary/aromatic N) is 1. The van der Waals surface area contributed by atoms with Crippen LogP contribution in [-0.2, 0) is 9.63 Å². The molecule has 0 saturated carbocycles. The first kappa shape index (κ1) is 9.80. The van der Waals surface area contributed by atoms with Gasteiger partial charge in [-0.1, -0.05) is 6.08 Å². The zero-order chi connectivity index (χ0) is 10.1. The zero-order valence-corrected chi connectivity index (χ0v) is 9.13. The van der Waals surface area contributed by atoms with E-state index in [1.54, 1.807) is 30.8 Å². The third-order valence-corrected chi connectivity index (χ3v) is 3.43. The number of Topliss-reactive ketones (excluding diaryl/α,β-unsaturated/α-hetero) is 1. The molecule has 0 aromatic rings. The van der Waals surface area contributed by atoms with Crippen LogP contribution in [0, 0.1) is 0 Å². The molecule has 0 aliphatic carbocycles. The maximum absolute atomic E-state index is 11.2. The van der Waals surface area contributed by atoms with Gasteiger partial charge in [0.15, 0.2) is 11.5 Å². The van der Waals surface area contributed by atoms with E-state index in [1.807, 2.05) is 6.08 Å². The molecule has 4 heteroatoms. The van der Waals surface area contributed by atoms with Crippen molar-refractivity contribution in [2.45, 2.75) is 19.4 Å². The number of hydrogen-bond acceptors (Lipinski definition) is 4. The van der Waals surface area contributed by atoms with Gasteiger partial charge < -0.3 is 4.84 Å². The molecule has 0 bridgehead atoms. The number of ketones is 1. The molecule has 0 radical (unpaired) electrons. The van der Waals surface area contributed by atoms with Gasteiger partial charge in [-0.2, -0.15) is 0 Å². The van der Waals surface area contributed by atoms with E-state index in [9.17, 15) is 4.79 Å². The summed E-state index contributed by atoms with van der Waals surface area (Å²) in [5.74, 6) is 2.08. The standard InChI is InChI=1S/C10H13NO2S/c1-7(12)8-6-9(13-11(8)2)10-4-3-5-14-10/h4,6,8H,3,5H2,1-2H3. The minimum atomic E-state index is -0.216. The van der Waals surface area contributed by atoms with Crippen LogP contribution in [0.2, 0.25) is 0 Å². The van der Waals surface area contributed by atoms with Gasteiger partial charge >= 0.3 is 0 Å². The number of thioether (sulfide) groups is 1. The zero-order valence-electron chi connectivity index (χ0n) is 8.32. The number of carbonyl (C=O) groups excluding carboxylic acids is 1. The Balaban J connectivity index is 2.15. The average Bonchev–Trinajstić information content (AvgIpc) is 2.70. The second-order valence-corrected chi connectivity index (χ2v) is 4.57. The molecule has 2 rings (SSSR count). The molecular formula is C10H13NO2S. The van der Waals surface area contributed by atoms with Crippen molar-refractivity contribution in [3.8, 4) is 0 Å². The second kappa shape index (κ2) is 3.79. The number of allylic oxidation sites excluding steroid dienone is 1. The molecule has 2 heterocycles. The van der Waals surface area contributed by atoms with Gasteiger partial charge in [-0.25, -0.2) is 0 Å². The van der Waals surface area contributed by atoms with Crippen LogP contribution in [0.5, 0.6) is 0 Å². The van der Waals surface area contributed by atoms with Crippen molar-refractivity contribution in [3.63, 3.8) is 0 Å². The van der Waals surface area contributed by atoms with Crippen LogP contribution in [-0.4, -0.2) is 29.7 Å². The quantitative estimate of drug-likeness (QED) is 0.695. The van der Waals surface area contributed by atoms with Gasteiger partial charge in [0.05, 0.1) is 0 Å². The molecule has 0 saturated heterocycles. The normalized spacial score (nSPS) is 27.1. The summed E-state index contributed by atoms with van der Waals surface area (Å²) < 4.78 is 0. The lowest BCUT2D eigenvalue weighted by Gasteiger charge is -2.15. The molecule has 0 fully saturated rings. The highest BCUT2D eigenvalue weighted by atomic mass is 32.2. The smallest absolute Gasteiger partial charge is 0.158 e. The third kappa shape index (κ3) is 1.72. The topological polar surface area (TPSA) is 29.5 Å². The lowest BCUT2D eigenvalue weighted by Crippen LogP contribution is -2.30. The first-order chi connectivity index (χ1) is 6.68. The monoisotopic (exact) mass is 211 g/mol.